The van der Waals surface area contributed by atoms with Crippen LogP contribution in [0.5, 0.6) is 0 Å². The van der Waals surface area contributed by atoms with Crippen LogP contribution >= 0.6 is 0 Å². The van der Waals surface area contributed by atoms with Gasteiger partial charge < -0.3 is 15.7 Å². The lowest BCUT2D eigenvalue weighted by molar-refractivity contribution is -0.375. The van der Waals surface area contributed by atoms with Crippen molar-refractivity contribution >= 4 is 22.5 Å². The molecule has 0 spiro atoms. The summed E-state index contributed by atoms with van der Waals surface area (Å²) in [5, 5.41) is 13.8. The van der Waals surface area contributed by atoms with Crippen molar-refractivity contribution in [3.05, 3.63) is 42.0 Å². The van der Waals surface area contributed by atoms with Gasteiger partial charge in [0.25, 0.3) is 5.60 Å². The number of urea groups is 1. The van der Waals surface area contributed by atoms with Crippen molar-refractivity contribution in [2.45, 2.75) is 18.0 Å². The SMILES string of the molecule is CNC(=O)Nc1c(C(O)(C(F)(F)F)C(F)(F)F)ccc2ccccc12. The zero-order chi connectivity index (χ0) is 19.0. The zero-order valence-electron chi connectivity index (χ0n) is 12.6. The van der Waals surface area contributed by atoms with Gasteiger partial charge in [-0.25, -0.2) is 4.79 Å². The Morgan fingerprint density at radius 1 is 0.960 bits per heavy atom. The number of benzene rings is 2. The molecular formula is C15H12F6N2O2. The maximum absolute atomic E-state index is 13.2. The van der Waals surface area contributed by atoms with Gasteiger partial charge in [0.2, 0.25) is 0 Å². The van der Waals surface area contributed by atoms with Gasteiger partial charge in [-0.2, -0.15) is 26.3 Å². The largest absolute Gasteiger partial charge is 0.430 e. The van der Waals surface area contributed by atoms with E-state index in [9.17, 15) is 36.2 Å². The molecule has 2 amide bonds. The summed E-state index contributed by atoms with van der Waals surface area (Å²) in [5.41, 5.74) is -7.45. The van der Waals surface area contributed by atoms with Crippen LogP contribution in [0.3, 0.4) is 0 Å². The second kappa shape index (κ2) is 6.10. The van der Waals surface area contributed by atoms with E-state index < -0.39 is 35.2 Å². The molecule has 0 saturated heterocycles. The normalized spacial score (nSPS) is 13.0. The summed E-state index contributed by atoms with van der Waals surface area (Å²) in [6.07, 6.45) is -12.1. The van der Waals surface area contributed by atoms with Gasteiger partial charge in [0.15, 0.2) is 0 Å². The van der Waals surface area contributed by atoms with E-state index in [-0.39, 0.29) is 10.8 Å². The van der Waals surface area contributed by atoms with Crippen LogP contribution in [0.1, 0.15) is 5.56 Å². The van der Waals surface area contributed by atoms with Crippen molar-refractivity contribution in [3.8, 4) is 0 Å². The second-order valence-electron chi connectivity index (χ2n) is 5.12. The summed E-state index contributed by atoms with van der Waals surface area (Å²) in [6, 6.07) is 6.03. The predicted molar refractivity (Wildman–Crippen MR) is 78.0 cm³/mol. The Labute approximate surface area is 137 Å². The second-order valence-corrected chi connectivity index (χ2v) is 5.12. The van der Waals surface area contributed by atoms with Crippen molar-refractivity contribution < 1.29 is 36.2 Å². The minimum Gasteiger partial charge on any atom is -0.369 e. The smallest absolute Gasteiger partial charge is 0.369 e. The number of amides is 2. The van der Waals surface area contributed by atoms with Gasteiger partial charge in [0, 0.05) is 18.0 Å². The minimum atomic E-state index is -6.06. The van der Waals surface area contributed by atoms with Crippen LogP contribution in [-0.2, 0) is 5.60 Å². The first-order chi connectivity index (χ1) is 11.4. The lowest BCUT2D eigenvalue weighted by atomic mass is 9.88. The number of rotatable bonds is 2. The van der Waals surface area contributed by atoms with Gasteiger partial charge in [-0.3, -0.25) is 0 Å². The fourth-order valence-electron chi connectivity index (χ4n) is 2.35. The van der Waals surface area contributed by atoms with Crippen molar-refractivity contribution in [2.75, 3.05) is 12.4 Å². The molecule has 0 bridgehead atoms. The number of hydrogen-bond acceptors (Lipinski definition) is 2. The highest BCUT2D eigenvalue weighted by Crippen LogP contribution is 2.52. The third-order valence-electron chi connectivity index (χ3n) is 3.60. The van der Waals surface area contributed by atoms with Gasteiger partial charge >= 0.3 is 18.4 Å². The van der Waals surface area contributed by atoms with Gasteiger partial charge in [0.1, 0.15) is 0 Å². The van der Waals surface area contributed by atoms with Crippen LogP contribution in [0.2, 0.25) is 0 Å². The fraction of sp³-hybridized carbons (Fsp3) is 0.267. The minimum absolute atomic E-state index is 0.0875. The molecule has 0 saturated carbocycles. The highest BCUT2D eigenvalue weighted by molar-refractivity contribution is 6.03. The van der Waals surface area contributed by atoms with Crippen LogP contribution in [0, 0.1) is 0 Å². The molecule has 0 aromatic heterocycles. The Hall–Kier alpha value is -2.49. The van der Waals surface area contributed by atoms with Crippen molar-refractivity contribution in [1.82, 2.24) is 5.32 Å². The predicted octanol–water partition coefficient (Wildman–Crippen LogP) is 3.90. The molecule has 3 N–H and O–H groups in total. The standard InChI is InChI=1S/C15H12F6N2O2/c1-22-12(24)23-11-9-5-3-2-4-8(9)6-7-10(11)13(25,14(16,17)18)15(19,20)21/h2-7,25H,1H3,(H2,22,23,24). The topological polar surface area (TPSA) is 61.4 Å². The Bertz CT molecular complexity index is 787. The average Bonchev–Trinajstić information content (AvgIpc) is 2.52. The van der Waals surface area contributed by atoms with Crippen LogP contribution in [0.15, 0.2) is 36.4 Å². The van der Waals surface area contributed by atoms with E-state index in [0.29, 0.717) is 6.07 Å². The molecule has 0 heterocycles. The van der Waals surface area contributed by atoms with E-state index >= 15 is 0 Å². The Balaban J connectivity index is 2.88. The number of anilines is 1. The molecule has 0 aliphatic rings. The average molecular weight is 366 g/mol. The maximum Gasteiger partial charge on any atom is 0.430 e. The molecule has 4 nitrogen and oxygen atoms in total. The number of nitrogens with one attached hydrogen (secondary N) is 2. The maximum atomic E-state index is 13.2. The van der Waals surface area contributed by atoms with Crippen molar-refractivity contribution in [1.29, 1.82) is 0 Å². The van der Waals surface area contributed by atoms with E-state index in [1.807, 2.05) is 10.6 Å². The monoisotopic (exact) mass is 366 g/mol. The van der Waals surface area contributed by atoms with Crippen molar-refractivity contribution in [3.63, 3.8) is 0 Å². The van der Waals surface area contributed by atoms with E-state index in [4.69, 9.17) is 0 Å². The first kappa shape index (κ1) is 18.8. The molecule has 0 aliphatic carbocycles. The summed E-state index contributed by atoms with van der Waals surface area (Å²) in [6.45, 7) is 0. The highest BCUT2D eigenvalue weighted by Gasteiger charge is 2.72. The van der Waals surface area contributed by atoms with Gasteiger partial charge in [-0.05, 0) is 5.39 Å². The number of carbonyl (C=O) groups excluding carboxylic acids is 1. The molecule has 2 aromatic carbocycles. The molecule has 25 heavy (non-hydrogen) atoms. The van der Waals surface area contributed by atoms with E-state index in [1.54, 1.807) is 0 Å². The summed E-state index contributed by atoms with van der Waals surface area (Å²) in [5.74, 6) is 0. The third-order valence-corrected chi connectivity index (χ3v) is 3.60. The molecule has 0 fully saturated rings. The first-order valence-electron chi connectivity index (χ1n) is 6.80. The van der Waals surface area contributed by atoms with E-state index in [1.165, 1.54) is 24.3 Å². The quantitative estimate of drug-likeness (QED) is 0.706. The molecule has 136 valence electrons. The third kappa shape index (κ3) is 3.09. The molecule has 10 heteroatoms. The van der Waals surface area contributed by atoms with Crippen LogP contribution < -0.4 is 10.6 Å². The number of hydrogen-bond donors (Lipinski definition) is 3. The van der Waals surface area contributed by atoms with Gasteiger partial charge in [-0.1, -0.05) is 36.4 Å². The van der Waals surface area contributed by atoms with Crippen LogP contribution in [-0.4, -0.2) is 30.5 Å². The first-order valence-corrected chi connectivity index (χ1v) is 6.80. The number of alkyl halides is 6. The zero-order valence-corrected chi connectivity index (χ0v) is 12.6. The lowest BCUT2D eigenvalue weighted by Gasteiger charge is -2.34. The van der Waals surface area contributed by atoms with Crippen molar-refractivity contribution in [2.24, 2.45) is 0 Å². The van der Waals surface area contributed by atoms with Crippen LogP contribution in [0.25, 0.3) is 10.8 Å². The summed E-state index contributed by atoms with van der Waals surface area (Å²) < 4.78 is 79.1. The number of carbonyl (C=O) groups is 1. The van der Waals surface area contributed by atoms with E-state index in [0.717, 1.165) is 13.1 Å². The van der Waals surface area contributed by atoms with Gasteiger partial charge in [0.05, 0.1) is 5.69 Å². The fourth-order valence-corrected chi connectivity index (χ4v) is 2.35. The number of fused-ring (bicyclic) bond motifs is 1. The molecule has 0 unspecified atom stereocenters. The number of halogens is 6. The molecule has 0 atom stereocenters. The summed E-state index contributed by atoms with van der Waals surface area (Å²) >= 11 is 0. The molecule has 2 aromatic rings. The Morgan fingerprint density at radius 3 is 2.04 bits per heavy atom. The summed E-state index contributed by atoms with van der Waals surface area (Å²) in [4.78, 5) is 11.5. The van der Waals surface area contributed by atoms with E-state index in [2.05, 4.69) is 0 Å². The Kier molecular flexibility index (Phi) is 4.60. The molecule has 2 rings (SSSR count). The Morgan fingerprint density at radius 2 is 1.52 bits per heavy atom. The highest BCUT2D eigenvalue weighted by atomic mass is 19.4. The molecular weight excluding hydrogens is 354 g/mol. The number of aliphatic hydroxyl groups is 1. The molecule has 0 aliphatic heterocycles. The van der Waals surface area contributed by atoms with Gasteiger partial charge in [-0.15, -0.1) is 0 Å². The lowest BCUT2D eigenvalue weighted by Crippen LogP contribution is -2.54. The molecule has 0 radical (unpaired) electrons. The van der Waals surface area contributed by atoms with Crippen LogP contribution in [0.4, 0.5) is 36.8 Å². The summed E-state index contributed by atoms with van der Waals surface area (Å²) in [7, 11) is 1.14.